The topological polar surface area (TPSA) is 35.6 Å². The summed E-state index contributed by atoms with van der Waals surface area (Å²) in [6.07, 6.45) is 0. The van der Waals surface area contributed by atoms with Crippen molar-refractivity contribution in [2.45, 2.75) is 19.3 Å². The molecule has 1 aliphatic rings. The van der Waals surface area contributed by atoms with Gasteiger partial charge in [-0.15, -0.1) is 0 Å². The molecule has 0 unspecified atom stereocenters. The number of benzene rings is 5. The zero-order chi connectivity index (χ0) is 30.1. The van der Waals surface area contributed by atoms with Crippen LogP contribution in [0, 0.1) is 0 Å². The van der Waals surface area contributed by atoms with Gasteiger partial charge in [-0.05, 0) is 35.9 Å². The van der Waals surface area contributed by atoms with Crippen LogP contribution in [0.25, 0.3) is 67.2 Å². The molecule has 9 rings (SSSR count). The lowest BCUT2D eigenvalue weighted by Crippen LogP contribution is -2.16. The molecule has 0 spiro atoms. The standard InChI is InChI=1S/C41H30N4/c1-41(2)31-23-13-15-25-35(31)45-37(33-26-32(27-16-6-3-7-17-27)42-40(43-33)28-18-8-4-9-19-28)36-30-22-12-14-24-34(30)44(38(36)39(41)45)29-20-10-5-11-21-29/h3-26H,1-2H3. The Morgan fingerprint density at radius 2 is 1.16 bits per heavy atom. The summed E-state index contributed by atoms with van der Waals surface area (Å²) in [4.78, 5) is 10.5. The number of nitrogens with zero attached hydrogens (tertiary/aromatic N) is 4. The van der Waals surface area contributed by atoms with Crippen molar-refractivity contribution in [3.05, 3.63) is 157 Å². The third kappa shape index (κ3) is 3.72. The van der Waals surface area contributed by atoms with E-state index in [1.807, 2.05) is 24.3 Å². The molecule has 0 bridgehead atoms. The van der Waals surface area contributed by atoms with Crippen LogP contribution >= 0.6 is 0 Å². The molecule has 0 amide bonds. The Hall–Kier alpha value is -5.74. The Morgan fingerprint density at radius 3 is 1.91 bits per heavy atom. The van der Waals surface area contributed by atoms with Gasteiger partial charge in [-0.25, -0.2) is 9.97 Å². The third-order valence-corrected chi connectivity index (χ3v) is 9.28. The molecule has 0 N–H and O–H groups in total. The maximum atomic E-state index is 5.37. The van der Waals surface area contributed by atoms with Gasteiger partial charge in [0.05, 0.1) is 39.5 Å². The van der Waals surface area contributed by atoms with E-state index >= 15 is 0 Å². The monoisotopic (exact) mass is 578 g/mol. The van der Waals surface area contributed by atoms with Gasteiger partial charge in [0, 0.05) is 33.0 Å². The second-order valence-electron chi connectivity index (χ2n) is 12.3. The molecule has 3 aromatic heterocycles. The molecule has 8 aromatic rings. The van der Waals surface area contributed by atoms with Crippen LogP contribution in [-0.2, 0) is 5.41 Å². The molecule has 0 saturated heterocycles. The lowest BCUT2D eigenvalue weighted by molar-refractivity contribution is 0.646. The summed E-state index contributed by atoms with van der Waals surface area (Å²) in [7, 11) is 0. The molecule has 0 saturated carbocycles. The average Bonchev–Trinajstić information content (AvgIpc) is 3.69. The third-order valence-electron chi connectivity index (χ3n) is 9.28. The first-order valence-electron chi connectivity index (χ1n) is 15.5. The first-order chi connectivity index (χ1) is 22.1. The molecule has 4 heterocycles. The predicted octanol–water partition coefficient (Wildman–Crippen LogP) is 10.0. The lowest BCUT2D eigenvalue weighted by Gasteiger charge is -2.20. The van der Waals surface area contributed by atoms with E-state index in [9.17, 15) is 0 Å². The number of hydrogen-bond acceptors (Lipinski definition) is 2. The minimum absolute atomic E-state index is 0.244. The van der Waals surface area contributed by atoms with Gasteiger partial charge in [-0.1, -0.05) is 129 Å². The van der Waals surface area contributed by atoms with E-state index in [2.05, 4.69) is 144 Å². The highest BCUT2D eigenvalue weighted by Crippen LogP contribution is 2.53. The van der Waals surface area contributed by atoms with Crippen molar-refractivity contribution in [3.8, 4) is 45.4 Å². The first-order valence-corrected chi connectivity index (χ1v) is 15.5. The summed E-state index contributed by atoms with van der Waals surface area (Å²) in [6, 6.07) is 51.3. The van der Waals surface area contributed by atoms with E-state index in [0.717, 1.165) is 33.9 Å². The lowest BCUT2D eigenvalue weighted by atomic mass is 9.83. The van der Waals surface area contributed by atoms with Crippen LogP contribution in [0.1, 0.15) is 25.1 Å². The maximum Gasteiger partial charge on any atom is 0.160 e. The SMILES string of the molecule is CC1(C)c2ccccc2-n2c(-c3cc(-c4ccccc4)nc(-c4ccccc4)n3)c3c4ccccc4n(-c4ccccc4)c3c21. The number of rotatable bonds is 4. The van der Waals surface area contributed by atoms with Gasteiger partial charge in [-0.2, -0.15) is 0 Å². The van der Waals surface area contributed by atoms with Crippen molar-refractivity contribution in [1.29, 1.82) is 0 Å². The summed E-state index contributed by atoms with van der Waals surface area (Å²) in [5.74, 6) is 0.716. The van der Waals surface area contributed by atoms with E-state index in [4.69, 9.17) is 9.97 Å². The van der Waals surface area contributed by atoms with Crippen LogP contribution < -0.4 is 0 Å². The molecule has 0 aliphatic carbocycles. The number of fused-ring (bicyclic) bond motifs is 7. The van der Waals surface area contributed by atoms with E-state index in [0.29, 0.717) is 5.82 Å². The minimum atomic E-state index is -0.244. The van der Waals surface area contributed by atoms with E-state index < -0.39 is 0 Å². The number of para-hydroxylation sites is 3. The van der Waals surface area contributed by atoms with Gasteiger partial charge in [0.15, 0.2) is 5.82 Å². The average molecular weight is 579 g/mol. The van der Waals surface area contributed by atoms with Gasteiger partial charge in [0.25, 0.3) is 0 Å². The fraction of sp³-hybridized carbons (Fsp3) is 0.0732. The number of aromatic nitrogens is 4. The van der Waals surface area contributed by atoms with Gasteiger partial charge in [-0.3, -0.25) is 0 Å². The largest absolute Gasteiger partial charge is 0.308 e. The summed E-state index contributed by atoms with van der Waals surface area (Å²) < 4.78 is 4.93. The second kappa shape index (κ2) is 9.63. The highest BCUT2D eigenvalue weighted by molar-refractivity contribution is 6.18. The summed E-state index contributed by atoms with van der Waals surface area (Å²) >= 11 is 0. The molecule has 1 aliphatic heterocycles. The van der Waals surface area contributed by atoms with Crippen molar-refractivity contribution >= 4 is 21.8 Å². The zero-order valence-electron chi connectivity index (χ0n) is 25.1. The van der Waals surface area contributed by atoms with Gasteiger partial charge in [0.2, 0.25) is 0 Å². The Morgan fingerprint density at radius 1 is 0.556 bits per heavy atom. The second-order valence-corrected chi connectivity index (χ2v) is 12.3. The molecular formula is C41H30N4. The molecule has 4 nitrogen and oxygen atoms in total. The summed E-state index contributed by atoms with van der Waals surface area (Å²) in [5, 5.41) is 2.42. The van der Waals surface area contributed by atoms with E-state index in [1.54, 1.807) is 0 Å². The van der Waals surface area contributed by atoms with Crippen molar-refractivity contribution < 1.29 is 0 Å². The van der Waals surface area contributed by atoms with Crippen LogP contribution in [0.3, 0.4) is 0 Å². The smallest absolute Gasteiger partial charge is 0.160 e. The normalized spacial score (nSPS) is 13.3. The number of hydrogen-bond donors (Lipinski definition) is 0. The molecule has 4 heteroatoms. The quantitative estimate of drug-likeness (QED) is 0.208. The molecule has 0 radical (unpaired) electrons. The molecule has 214 valence electrons. The van der Waals surface area contributed by atoms with Crippen molar-refractivity contribution in [1.82, 2.24) is 19.1 Å². The van der Waals surface area contributed by atoms with Gasteiger partial charge in [0.1, 0.15) is 0 Å². The van der Waals surface area contributed by atoms with Crippen molar-refractivity contribution in [2.75, 3.05) is 0 Å². The zero-order valence-corrected chi connectivity index (χ0v) is 25.1. The fourth-order valence-corrected chi connectivity index (χ4v) is 7.30. The van der Waals surface area contributed by atoms with Crippen LogP contribution in [0.4, 0.5) is 0 Å². The highest BCUT2D eigenvalue weighted by atomic mass is 15.1. The van der Waals surface area contributed by atoms with Gasteiger partial charge < -0.3 is 9.13 Å². The van der Waals surface area contributed by atoms with Crippen LogP contribution in [0.15, 0.2) is 146 Å². The van der Waals surface area contributed by atoms with Crippen molar-refractivity contribution in [2.24, 2.45) is 0 Å². The molecular weight excluding hydrogens is 548 g/mol. The van der Waals surface area contributed by atoms with E-state index in [1.165, 1.54) is 38.8 Å². The minimum Gasteiger partial charge on any atom is -0.308 e. The Bertz CT molecular complexity index is 2320. The Balaban J connectivity index is 1.48. The first kappa shape index (κ1) is 25.7. The van der Waals surface area contributed by atoms with Crippen LogP contribution in [-0.4, -0.2) is 19.1 Å². The highest BCUT2D eigenvalue weighted by Gasteiger charge is 2.42. The summed E-state index contributed by atoms with van der Waals surface area (Å²) in [6.45, 7) is 4.71. The van der Waals surface area contributed by atoms with E-state index in [-0.39, 0.29) is 5.41 Å². The molecule has 0 fully saturated rings. The Kier molecular flexibility index (Phi) is 5.51. The van der Waals surface area contributed by atoms with Crippen LogP contribution in [0.5, 0.6) is 0 Å². The van der Waals surface area contributed by atoms with Crippen LogP contribution in [0.2, 0.25) is 0 Å². The van der Waals surface area contributed by atoms with Gasteiger partial charge >= 0.3 is 0 Å². The molecule has 45 heavy (non-hydrogen) atoms. The fourth-order valence-electron chi connectivity index (χ4n) is 7.30. The molecule has 0 atom stereocenters. The maximum absolute atomic E-state index is 5.37. The van der Waals surface area contributed by atoms with Crippen molar-refractivity contribution in [3.63, 3.8) is 0 Å². The Labute approximate surface area is 261 Å². The molecule has 5 aromatic carbocycles. The predicted molar refractivity (Wildman–Crippen MR) is 184 cm³/mol. The summed E-state index contributed by atoms with van der Waals surface area (Å²) in [5.41, 5.74) is 12.1.